The molecule has 0 rings (SSSR count). The molecule has 4 nitrogen and oxygen atoms in total. The molecular weight excluding hydrogens is 251 g/mol. The molecule has 0 aromatic rings. The van der Waals surface area contributed by atoms with Gasteiger partial charge in [-0.3, -0.25) is 0 Å². The van der Waals surface area contributed by atoms with Crippen molar-refractivity contribution in [2.75, 3.05) is 0 Å². The zero-order valence-corrected chi connectivity index (χ0v) is 5.48. The third-order valence-electron chi connectivity index (χ3n) is 0. The molecular formula is H8N4Pt. The van der Waals surface area contributed by atoms with Gasteiger partial charge in [-0.2, -0.15) is 0 Å². The number of rotatable bonds is 0. The van der Waals surface area contributed by atoms with Crippen molar-refractivity contribution in [1.82, 2.24) is 12.3 Å². The molecule has 5 heavy (non-hydrogen) atoms. The van der Waals surface area contributed by atoms with E-state index < -0.39 is 0 Å². The van der Waals surface area contributed by atoms with Crippen molar-refractivity contribution < 1.29 is 21.1 Å². The molecule has 0 amide bonds. The van der Waals surface area contributed by atoms with Crippen LogP contribution in [0.2, 0.25) is 0 Å². The molecule has 0 saturated carbocycles. The van der Waals surface area contributed by atoms with Crippen LogP contribution in [0.1, 0.15) is 0 Å². The zero-order chi connectivity index (χ0) is 0. The molecule has 0 bridgehead atoms. The quantitative estimate of drug-likeness (QED) is 0.649. The van der Waals surface area contributed by atoms with Crippen LogP contribution in [0.5, 0.6) is 0 Å². The Labute approximate surface area is 46.3 Å². The van der Waals surface area contributed by atoms with E-state index in [1.54, 1.807) is 0 Å². The predicted molar refractivity (Wildman–Crippen MR) is 18.7 cm³/mol. The number of quaternary nitrogens is 2. The summed E-state index contributed by atoms with van der Waals surface area (Å²) in [5.41, 5.74) is 0. The number of nitrogens with zero attached hydrogens (tertiary/aromatic N) is 2. The van der Waals surface area contributed by atoms with Gasteiger partial charge < -0.3 is 24.6 Å². The van der Waals surface area contributed by atoms with Gasteiger partial charge in [0.05, 0.1) is 0 Å². The van der Waals surface area contributed by atoms with Crippen molar-refractivity contribution in [3.63, 3.8) is 0 Å². The molecule has 8 N–H and O–H groups in total. The molecule has 0 unspecified atom stereocenters. The number of hydrogen-bond acceptors (Lipinski definition) is 0. The molecule has 0 saturated heterocycles. The van der Waals surface area contributed by atoms with Gasteiger partial charge in [0.1, 0.15) is 0 Å². The predicted octanol–water partition coefficient (Wildman–Crippen LogP) is 1.33. The second-order valence-corrected chi connectivity index (χ2v) is 0. The summed E-state index contributed by atoms with van der Waals surface area (Å²) in [6.45, 7) is 0. The van der Waals surface area contributed by atoms with Gasteiger partial charge >= 0.3 is 21.1 Å². The van der Waals surface area contributed by atoms with Crippen LogP contribution in [0.15, 0.2) is 0 Å². The standard InChI is InChI=1S/2H3N.2N.Pt/h2*1H3;;;/q;;2*-3;+4/p+2. The van der Waals surface area contributed by atoms with Crippen molar-refractivity contribution in [2.24, 2.45) is 0 Å². The summed E-state index contributed by atoms with van der Waals surface area (Å²) in [6.07, 6.45) is 0. The molecule has 38 valence electrons. The van der Waals surface area contributed by atoms with Gasteiger partial charge in [0.25, 0.3) is 0 Å². The molecule has 0 atom stereocenters. The van der Waals surface area contributed by atoms with Crippen molar-refractivity contribution >= 4 is 0 Å². The van der Waals surface area contributed by atoms with Crippen LogP contribution in [-0.4, -0.2) is 0 Å². The molecule has 0 radical (unpaired) electrons. The van der Waals surface area contributed by atoms with E-state index in [1.165, 1.54) is 0 Å². The van der Waals surface area contributed by atoms with Gasteiger partial charge in [-0.1, -0.05) is 0 Å². The van der Waals surface area contributed by atoms with Crippen LogP contribution in [-0.2, 0) is 21.1 Å². The van der Waals surface area contributed by atoms with Gasteiger partial charge in [0.15, 0.2) is 0 Å². The minimum Gasteiger partial charge on any atom is -3.00 e. The van der Waals surface area contributed by atoms with Crippen LogP contribution in [0.3, 0.4) is 0 Å². The first-order valence-corrected chi connectivity index (χ1v) is 0. The Morgan fingerprint density at radius 2 is 0.600 bits per heavy atom. The Morgan fingerprint density at radius 1 is 0.600 bits per heavy atom. The van der Waals surface area contributed by atoms with E-state index in [9.17, 15) is 0 Å². The summed E-state index contributed by atoms with van der Waals surface area (Å²) in [5, 5.41) is 0. The van der Waals surface area contributed by atoms with Crippen LogP contribution < -0.4 is 12.3 Å². The van der Waals surface area contributed by atoms with E-state index in [0.717, 1.165) is 0 Å². The van der Waals surface area contributed by atoms with Crippen LogP contribution in [0.4, 0.5) is 0 Å². The molecule has 0 heterocycles. The van der Waals surface area contributed by atoms with Gasteiger partial charge in [0, 0.05) is 0 Å². The SMILES string of the molecule is [N-3].[N-3].[NH4+].[NH4+].[Pt+4]. The minimum absolute atomic E-state index is 0. The minimum atomic E-state index is 0. The zero-order valence-electron chi connectivity index (χ0n) is 3.21. The van der Waals surface area contributed by atoms with E-state index in [0.29, 0.717) is 0 Å². The first kappa shape index (κ1) is 406. The Morgan fingerprint density at radius 3 is 0.600 bits per heavy atom. The van der Waals surface area contributed by atoms with Gasteiger partial charge in [0.2, 0.25) is 0 Å². The average molecular weight is 259 g/mol. The summed E-state index contributed by atoms with van der Waals surface area (Å²) in [5.74, 6) is 0. The largest absolute Gasteiger partial charge is 4.00 e. The maximum atomic E-state index is 0. The average Bonchev–Trinajstić information content (AvgIpc) is 0. The first-order valence-electron chi connectivity index (χ1n) is 0. The third kappa shape index (κ3) is 104. The van der Waals surface area contributed by atoms with E-state index in [2.05, 4.69) is 0 Å². The van der Waals surface area contributed by atoms with Crippen molar-refractivity contribution in [2.45, 2.75) is 0 Å². The van der Waals surface area contributed by atoms with Crippen LogP contribution in [0.25, 0.3) is 12.3 Å². The summed E-state index contributed by atoms with van der Waals surface area (Å²) in [6, 6.07) is 0. The normalized spacial score (nSPS) is 0. The molecule has 0 fully saturated rings. The Hall–Kier alpha value is 0.528. The summed E-state index contributed by atoms with van der Waals surface area (Å²) in [7, 11) is 0. The third-order valence-corrected chi connectivity index (χ3v) is 0. The molecule has 0 spiro atoms. The second kappa shape index (κ2) is 202. The molecule has 5 heteroatoms. The van der Waals surface area contributed by atoms with E-state index in [4.69, 9.17) is 0 Å². The summed E-state index contributed by atoms with van der Waals surface area (Å²) >= 11 is 0. The summed E-state index contributed by atoms with van der Waals surface area (Å²) in [4.78, 5) is 0. The molecule has 0 aromatic carbocycles. The topological polar surface area (TPSA) is 134 Å². The molecule has 0 aromatic heterocycles. The Bertz CT molecular complexity index is 3.61. The van der Waals surface area contributed by atoms with E-state index >= 15 is 0 Å². The smallest absolute Gasteiger partial charge is 3.00 e. The van der Waals surface area contributed by atoms with E-state index in [1.807, 2.05) is 0 Å². The van der Waals surface area contributed by atoms with Crippen molar-refractivity contribution in [3.05, 3.63) is 12.3 Å². The Kier molecular flexibility index (Phi) is 16400. The van der Waals surface area contributed by atoms with Gasteiger partial charge in [-0.15, -0.1) is 0 Å². The maximum absolute atomic E-state index is 0. The Balaban J connectivity index is 0. The molecule has 0 aliphatic heterocycles. The monoisotopic (exact) mass is 259 g/mol. The van der Waals surface area contributed by atoms with Crippen molar-refractivity contribution in [3.8, 4) is 0 Å². The van der Waals surface area contributed by atoms with Crippen LogP contribution >= 0.6 is 0 Å². The number of hydrogen-bond donors (Lipinski definition) is 2. The maximum Gasteiger partial charge on any atom is 4.00 e. The fraction of sp³-hybridized carbons (Fsp3) is 0. The van der Waals surface area contributed by atoms with Gasteiger partial charge in [-0.25, -0.2) is 0 Å². The van der Waals surface area contributed by atoms with Crippen molar-refractivity contribution in [1.29, 1.82) is 0 Å². The fourth-order valence-electron chi connectivity index (χ4n) is 0. The fourth-order valence-corrected chi connectivity index (χ4v) is 0. The second-order valence-electron chi connectivity index (χ2n) is 0. The van der Waals surface area contributed by atoms with Crippen LogP contribution in [0, 0.1) is 0 Å². The van der Waals surface area contributed by atoms with E-state index in [-0.39, 0.29) is 45.7 Å². The van der Waals surface area contributed by atoms with Gasteiger partial charge in [-0.05, 0) is 0 Å². The molecule has 0 aliphatic carbocycles. The first-order chi connectivity index (χ1) is 0. The summed E-state index contributed by atoms with van der Waals surface area (Å²) < 4.78 is 0. The molecule has 0 aliphatic rings.